The lowest BCUT2D eigenvalue weighted by atomic mass is 10.1. The largest absolute Gasteiger partial charge is 0.292 e. The van der Waals surface area contributed by atoms with E-state index in [0.29, 0.717) is 5.78 Å². The molecule has 14 heavy (non-hydrogen) atoms. The van der Waals surface area contributed by atoms with Crippen LogP contribution in [0.5, 0.6) is 0 Å². The first kappa shape index (κ1) is 10.2. The van der Waals surface area contributed by atoms with Crippen LogP contribution in [0, 0.1) is 6.92 Å². The fraction of sp³-hybridized carbons (Fsp3) is 0.545. The first-order valence-electron chi connectivity index (χ1n) is 4.99. The van der Waals surface area contributed by atoms with E-state index in [1.807, 2.05) is 23.9 Å². The monoisotopic (exact) mass is 226 g/mol. The number of thiophene rings is 1. The van der Waals surface area contributed by atoms with Crippen LogP contribution in [0.15, 0.2) is 12.1 Å². The van der Waals surface area contributed by atoms with Gasteiger partial charge in [-0.25, -0.2) is 0 Å². The minimum absolute atomic E-state index is 0.238. The summed E-state index contributed by atoms with van der Waals surface area (Å²) in [5, 5.41) is 0.238. The normalized spacial score (nSPS) is 22.2. The van der Waals surface area contributed by atoms with E-state index in [1.165, 1.54) is 17.7 Å². The van der Waals surface area contributed by atoms with Crippen LogP contribution in [0.2, 0.25) is 0 Å². The summed E-state index contributed by atoms with van der Waals surface area (Å²) in [7, 11) is 0. The smallest absolute Gasteiger partial charge is 0.185 e. The van der Waals surface area contributed by atoms with E-state index in [4.69, 9.17) is 0 Å². The van der Waals surface area contributed by atoms with Crippen molar-refractivity contribution in [2.24, 2.45) is 0 Å². The highest BCUT2D eigenvalue weighted by Gasteiger charge is 2.23. The summed E-state index contributed by atoms with van der Waals surface area (Å²) in [6, 6.07) is 4.00. The fourth-order valence-electron chi connectivity index (χ4n) is 1.67. The summed E-state index contributed by atoms with van der Waals surface area (Å²) in [6.07, 6.45) is 3.56. The van der Waals surface area contributed by atoms with Gasteiger partial charge in [0.05, 0.1) is 10.1 Å². The predicted octanol–water partition coefficient (Wildman–Crippen LogP) is 3.52. The van der Waals surface area contributed by atoms with E-state index in [0.717, 1.165) is 17.1 Å². The Labute approximate surface area is 92.9 Å². The van der Waals surface area contributed by atoms with Crippen LogP contribution < -0.4 is 0 Å². The molecular weight excluding hydrogens is 212 g/mol. The fourth-order valence-corrected chi connectivity index (χ4v) is 3.88. The summed E-state index contributed by atoms with van der Waals surface area (Å²) in [5.74, 6) is 1.51. The van der Waals surface area contributed by atoms with Gasteiger partial charge in [-0.1, -0.05) is 6.42 Å². The Hall–Kier alpha value is -0.280. The standard InChI is InChI=1S/C11H14OS2/c1-8-5-6-10(14-8)11(12)9-4-2-3-7-13-9/h5-6,9H,2-4,7H2,1H3. The number of carbonyl (C=O) groups excluding carboxylic acids is 1. The average Bonchev–Trinajstić information content (AvgIpc) is 2.65. The van der Waals surface area contributed by atoms with Crippen molar-refractivity contribution >= 4 is 28.9 Å². The maximum Gasteiger partial charge on any atom is 0.185 e. The zero-order valence-electron chi connectivity index (χ0n) is 8.29. The van der Waals surface area contributed by atoms with Gasteiger partial charge >= 0.3 is 0 Å². The lowest BCUT2D eigenvalue weighted by molar-refractivity contribution is 0.0988. The molecule has 0 N–H and O–H groups in total. The van der Waals surface area contributed by atoms with E-state index in [2.05, 4.69) is 6.92 Å². The number of hydrogen-bond acceptors (Lipinski definition) is 3. The molecule has 0 bridgehead atoms. The molecule has 3 heteroatoms. The van der Waals surface area contributed by atoms with Crippen molar-refractivity contribution < 1.29 is 4.79 Å². The zero-order valence-corrected chi connectivity index (χ0v) is 9.92. The molecule has 1 unspecified atom stereocenters. The first-order chi connectivity index (χ1) is 6.77. The summed E-state index contributed by atoms with van der Waals surface area (Å²) in [4.78, 5) is 14.2. The number of Topliss-reactive ketones (excluding diaryl/α,β-unsaturated/α-hetero) is 1. The van der Waals surface area contributed by atoms with Crippen LogP contribution in [0.25, 0.3) is 0 Å². The molecule has 0 spiro atoms. The van der Waals surface area contributed by atoms with Gasteiger partial charge in [-0.3, -0.25) is 4.79 Å². The van der Waals surface area contributed by atoms with Gasteiger partial charge in [0.1, 0.15) is 0 Å². The van der Waals surface area contributed by atoms with Crippen LogP contribution >= 0.6 is 23.1 Å². The van der Waals surface area contributed by atoms with Gasteiger partial charge < -0.3 is 0 Å². The number of hydrogen-bond donors (Lipinski definition) is 0. The summed E-state index contributed by atoms with van der Waals surface area (Å²) < 4.78 is 0. The van der Waals surface area contributed by atoms with E-state index < -0.39 is 0 Å². The van der Waals surface area contributed by atoms with Crippen molar-refractivity contribution in [1.29, 1.82) is 0 Å². The highest BCUT2D eigenvalue weighted by molar-refractivity contribution is 8.00. The van der Waals surface area contributed by atoms with Crippen molar-refractivity contribution in [2.75, 3.05) is 5.75 Å². The van der Waals surface area contributed by atoms with Crippen molar-refractivity contribution in [1.82, 2.24) is 0 Å². The second-order valence-electron chi connectivity index (χ2n) is 3.63. The zero-order chi connectivity index (χ0) is 9.97. The molecule has 1 fully saturated rings. The van der Waals surface area contributed by atoms with E-state index in [-0.39, 0.29) is 5.25 Å². The van der Waals surface area contributed by atoms with Gasteiger partial charge in [-0.2, -0.15) is 11.8 Å². The quantitative estimate of drug-likeness (QED) is 0.718. The summed E-state index contributed by atoms with van der Waals surface area (Å²) in [6.45, 7) is 2.05. The molecule has 2 rings (SSSR count). The maximum atomic E-state index is 12.0. The molecule has 2 heterocycles. The minimum Gasteiger partial charge on any atom is -0.292 e. The molecule has 0 aromatic carbocycles. The van der Waals surface area contributed by atoms with E-state index in [1.54, 1.807) is 11.3 Å². The maximum absolute atomic E-state index is 12.0. The lowest BCUT2D eigenvalue weighted by Gasteiger charge is -2.18. The lowest BCUT2D eigenvalue weighted by Crippen LogP contribution is -2.19. The molecule has 1 aliphatic rings. The average molecular weight is 226 g/mol. The van der Waals surface area contributed by atoms with Crippen molar-refractivity contribution in [2.45, 2.75) is 31.4 Å². The Morgan fingerprint density at radius 2 is 2.29 bits per heavy atom. The third kappa shape index (κ3) is 2.20. The molecule has 1 aromatic heterocycles. The Morgan fingerprint density at radius 3 is 2.86 bits per heavy atom. The molecule has 0 saturated carbocycles. The number of ketones is 1. The van der Waals surface area contributed by atoms with E-state index in [9.17, 15) is 4.79 Å². The Kier molecular flexibility index (Phi) is 3.29. The molecule has 1 aromatic rings. The molecule has 76 valence electrons. The summed E-state index contributed by atoms with van der Waals surface area (Å²) >= 11 is 3.46. The van der Waals surface area contributed by atoms with Gasteiger partial charge in [-0.05, 0) is 37.7 Å². The van der Waals surface area contributed by atoms with Gasteiger partial charge in [0.25, 0.3) is 0 Å². The molecule has 1 saturated heterocycles. The predicted molar refractivity (Wildman–Crippen MR) is 63.5 cm³/mol. The molecule has 0 amide bonds. The Bertz CT molecular complexity index is 324. The van der Waals surface area contributed by atoms with Crippen LogP contribution in [0.3, 0.4) is 0 Å². The van der Waals surface area contributed by atoms with Crippen LogP contribution in [0.4, 0.5) is 0 Å². The second kappa shape index (κ2) is 4.49. The van der Waals surface area contributed by atoms with Crippen LogP contribution in [-0.4, -0.2) is 16.8 Å². The highest BCUT2D eigenvalue weighted by Crippen LogP contribution is 2.29. The molecule has 0 radical (unpaired) electrons. The minimum atomic E-state index is 0.238. The van der Waals surface area contributed by atoms with Gasteiger partial charge in [0.15, 0.2) is 5.78 Å². The number of carbonyl (C=O) groups is 1. The third-order valence-electron chi connectivity index (χ3n) is 2.46. The third-order valence-corrected chi connectivity index (χ3v) is 4.85. The van der Waals surface area contributed by atoms with E-state index >= 15 is 0 Å². The number of rotatable bonds is 2. The van der Waals surface area contributed by atoms with Gasteiger partial charge in [-0.15, -0.1) is 11.3 Å². The Balaban J connectivity index is 2.07. The van der Waals surface area contributed by atoms with Crippen molar-refractivity contribution in [3.63, 3.8) is 0 Å². The molecule has 1 nitrogen and oxygen atoms in total. The van der Waals surface area contributed by atoms with Gasteiger partial charge in [0.2, 0.25) is 0 Å². The molecule has 1 atom stereocenters. The SMILES string of the molecule is Cc1ccc(C(=O)C2CCCCS2)s1. The summed E-state index contributed by atoms with van der Waals surface area (Å²) in [5.41, 5.74) is 0. The number of aryl methyl sites for hydroxylation is 1. The highest BCUT2D eigenvalue weighted by atomic mass is 32.2. The molecule has 0 aliphatic carbocycles. The van der Waals surface area contributed by atoms with Crippen molar-refractivity contribution in [3.05, 3.63) is 21.9 Å². The Morgan fingerprint density at radius 1 is 1.43 bits per heavy atom. The topological polar surface area (TPSA) is 17.1 Å². The number of thioether (sulfide) groups is 1. The molecular formula is C11H14OS2. The molecule has 1 aliphatic heterocycles. The van der Waals surface area contributed by atoms with Crippen LogP contribution in [-0.2, 0) is 0 Å². The van der Waals surface area contributed by atoms with Crippen molar-refractivity contribution in [3.8, 4) is 0 Å². The van der Waals surface area contributed by atoms with Crippen LogP contribution in [0.1, 0.15) is 33.8 Å². The first-order valence-corrected chi connectivity index (χ1v) is 6.86. The second-order valence-corrected chi connectivity index (χ2v) is 6.23. The van der Waals surface area contributed by atoms with Gasteiger partial charge in [0, 0.05) is 4.88 Å².